The fourth-order valence-electron chi connectivity index (χ4n) is 0.289. The standard InChI is InChI=1S/C5H11P.BF4/c1-5(2)3-4-6;2-1(3,4)5/h3H,4,6H2,1-2H3;/q;-1/p+1. The summed E-state index contributed by atoms with van der Waals surface area (Å²) in [7, 11) is -4.02. The minimum atomic E-state index is -6.00. The largest absolute Gasteiger partial charge is 0.673 e. The maximum Gasteiger partial charge on any atom is 0.673 e. The minimum Gasteiger partial charge on any atom is -0.418 e. The molecule has 0 bridgehead atoms. The molecule has 68 valence electrons. The van der Waals surface area contributed by atoms with Crippen LogP contribution in [0.15, 0.2) is 11.6 Å². The third-order valence-electron chi connectivity index (χ3n) is 0.553. The predicted octanol–water partition coefficient (Wildman–Crippen LogP) is 2.86. The van der Waals surface area contributed by atoms with E-state index >= 15 is 0 Å². The lowest BCUT2D eigenvalue weighted by Crippen LogP contribution is -2.02. The molecule has 11 heavy (non-hydrogen) atoms. The van der Waals surface area contributed by atoms with Gasteiger partial charge in [-0.2, -0.15) is 0 Å². The highest BCUT2D eigenvalue weighted by molar-refractivity contribution is 7.16. The number of rotatable bonds is 1. The van der Waals surface area contributed by atoms with Crippen LogP contribution in [-0.2, 0) is 0 Å². The summed E-state index contributed by atoms with van der Waals surface area (Å²) in [6.07, 6.45) is 3.42. The van der Waals surface area contributed by atoms with Gasteiger partial charge in [0.2, 0.25) is 0 Å². The maximum atomic E-state index is 9.75. The van der Waals surface area contributed by atoms with E-state index in [2.05, 4.69) is 19.9 Å². The second-order valence-corrected chi connectivity index (χ2v) is 2.64. The van der Waals surface area contributed by atoms with Crippen molar-refractivity contribution >= 4 is 16.5 Å². The Hall–Kier alpha value is -0.0451. The number of hydrogen-bond donors (Lipinski definition) is 0. The molecule has 0 aliphatic carbocycles. The van der Waals surface area contributed by atoms with Crippen LogP contribution in [0.5, 0.6) is 0 Å². The van der Waals surface area contributed by atoms with Crippen LogP contribution in [0.3, 0.4) is 0 Å². The maximum absolute atomic E-state index is 9.75. The fourth-order valence-corrected chi connectivity index (χ4v) is 0.866. The van der Waals surface area contributed by atoms with Gasteiger partial charge in [0.25, 0.3) is 0 Å². The molecule has 0 aromatic heterocycles. The van der Waals surface area contributed by atoms with Crippen molar-refractivity contribution in [1.29, 1.82) is 0 Å². The van der Waals surface area contributed by atoms with Crippen LogP contribution in [0, 0.1) is 0 Å². The zero-order chi connectivity index (χ0) is 9.49. The van der Waals surface area contributed by atoms with Crippen molar-refractivity contribution in [2.24, 2.45) is 0 Å². The van der Waals surface area contributed by atoms with Crippen molar-refractivity contribution in [3.8, 4) is 0 Å². The molecular formula is C5H12BF4P. The Balaban J connectivity index is 0. The molecule has 0 N–H and O–H groups in total. The average molecular weight is 190 g/mol. The van der Waals surface area contributed by atoms with E-state index < -0.39 is 7.25 Å². The molecule has 0 saturated heterocycles. The smallest absolute Gasteiger partial charge is 0.418 e. The summed E-state index contributed by atoms with van der Waals surface area (Å²) < 4.78 is 39.0. The zero-order valence-electron chi connectivity index (χ0n) is 6.58. The van der Waals surface area contributed by atoms with E-state index in [1.165, 1.54) is 11.7 Å². The number of hydrogen-bond acceptors (Lipinski definition) is 0. The quantitative estimate of drug-likeness (QED) is 0.258. The normalized spacial score (nSPS) is 10.0. The van der Waals surface area contributed by atoms with Gasteiger partial charge in [-0.1, -0.05) is 5.57 Å². The van der Waals surface area contributed by atoms with E-state index in [0.29, 0.717) is 0 Å². The summed E-state index contributed by atoms with van der Waals surface area (Å²) in [6, 6.07) is 0. The van der Waals surface area contributed by atoms with Crippen molar-refractivity contribution in [2.45, 2.75) is 13.8 Å². The predicted molar refractivity (Wildman–Crippen MR) is 45.6 cm³/mol. The molecule has 6 heteroatoms. The Labute approximate surface area is 66.4 Å². The fraction of sp³-hybridized carbons (Fsp3) is 0.600. The van der Waals surface area contributed by atoms with Crippen molar-refractivity contribution in [3.63, 3.8) is 0 Å². The van der Waals surface area contributed by atoms with Gasteiger partial charge in [-0.05, 0) is 29.2 Å². The lowest BCUT2D eigenvalue weighted by molar-refractivity contribution is 0.368. The Kier molecular flexibility index (Phi) is 8.19. The van der Waals surface area contributed by atoms with Crippen LogP contribution in [0.2, 0.25) is 0 Å². The molecular weight excluding hydrogens is 178 g/mol. The van der Waals surface area contributed by atoms with Gasteiger partial charge < -0.3 is 17.3 Å². The molecule has 0 radical (unpaired) electrons. The van der Waals surface area contributed by atoms with Crippen LogP contribution in [0.1, 0.15) is 13.8 Å². The summed E-state index contributed by atoms with van der Waals surface area (Å²) in [5, 5.41) is 0. The highest BCUT2D eigenvalue weighted by atomic mass is 31.0. The molecule has 1 atom stereocenters. The molecule has 0 aliphatic heterocycles. The van der Waals surface area contributed by atoms with Crippen molar-refractivity contribution < 1.29 is 17.3 Å². The molecule has 0 heterocycles. The summed E-state index contributed by atoms with van der Waals surface area (Å²) in [5.74, 6) is 0. The monoisotopic (exact) mass is 190 g/mol. The summed E-state index contributed by atoms with van der Waals surface area (Å²) >= 11 is 0. The van der Waals surface area contributed by atoms with Crippen molar-refractivity contribution in [2.75, 3.05) is 6.16 Å². The Morgan fingerprint density at radius 3 is 1.55 bits per heavy atom. The molecule has 0 aromatic carbocycles. The molecule has 1 unspecified atom stereocenters. The van der Waals surface area contributed by atoms with Crippen molar-refractivity contribution in [3.05, 3.63) is 11.6 Å². The van der Waals surface area contributed by atoms with Crippen LogP contribution < -0.4 is 0 Å². The second-order valence-electron chi connectivity index (χ2n) is 2.07. The molecule has 0 rings (SSSR count). The van der Waals surface area contributed by atoms with E-state index in [1.807, 2.05) is 9.24 Å². The second kappa shape index (κ2) is 6.65. The van der Waals surface area contributed by atoms with Crippen LogP contribution in [-0.4, -0.2) is 13.4 Å². The van der Waals surface area contributed by atoms with Gasteiger partial charge >= 0.3 is 7.25 Å². The molecule has 0 nitrogen and oxygen atoms in total. The molecule has 0 aromatic rings. The third-order valence-corrected chi connectivity index (χ3v) is 0.841. The minimum absolute atomic E-state index is 1.20. The first-order valence-electron chi connectivity index (χ1n) is 3.07. The van der Waals surface area contributed by atoms with Gasteiger partial charge in [0.1, 0.15) is 0 Å². The highest BCUT2D eigenvalue weighted by Gasteiger charge is 2.20. The van der Waals surface area contributed by atoms with Gasteiger partial charge in [0, 0.05) is 0 Å². The van der Waals surface area contributed by atoms with E-state index in [4.69, 9.17) is 0 Å². The Morgan fingerprint density at radius 2 is 1.55 bits per heavy atom. The average Bonchev–Trinajstić information content (AvgIpc) is 1.58. The van der Waals surface area contributed by atoms with E-state index in [0.717, 1.165) is 0 Å². The van der Waals surface area contributed by atoms with E-state index in [1.54, 1.807) is 0 Å². The molecule has 0 spiro atoms. The lowest BCUT2D eigenvalue weighted by atomic mass is 10.3. The zero-order valence-corrected chi connectivity index (χ0v) is 7.99. The lowest BCUT2D eigenvalue weighted by Gasteiger charge is -1.94. The summed E-state index contributed by atoms with van der Waals surface area (Å²) in [5.41, 5.74) is 1.42. The molecule has 0 fully saturated rings. The Bertz CT molecular complexity index is 110. The molecule has 0 saturated carbocycles. The van der Waals surface area contributed by atoms with Gasteiger partial charge in [-0.3, -0.25) is 0 Å². The SMILES string of the molecule is CC(C)=CC[PH3+].F[B-](F)(F)F. The molecule has 0 aliphatic rings. The van der Waals surface area contributed by atoms with E-state index in [9.17, 15) is 17.3 Å². The Morgan fingerprint density at radius 1 is 1.27 bits per heavy atom. The summed E-state index contributed by atoms with van der Waals surface area (Å²) in [4.78, 5) is 0. The van der Waals surface area contributed by atoms with Crippen LogP contribution >= 0.6 is 9.24 Å². The number of allylic oxidation sites excluding steroid dienone is 2. The number of halogens is 4. The molecule has 0 amide bonds. The van der Waals surface area contributed by atoms with Crippen LogP contribution in [0.4, 0.5) is 17.3 Å². The first-order chi connectivity index (χ1) is 4.77. The van der Waals surface area contributed by atoms with Gasteiger partial charge in [-0.15, -0.1) is 0 Å². The first kappa shape index (κ1) is 13.5. The van der Waals surface area contributed by atoms with E-state index in [-0.39, 0.29) is 0 Å². The summed E-state index contributed by atoms with van der Waals surface area (Å²) in [6.45, 7) is 4.24. The van der Waals surface area contributed by atoms with Gasteiger partial charge in [0.15, 0.2) is 0 Å². The van der Waals surface area contributed by atoms with Gasteiger partial charge in [-0.25, -0.2) is 0 Å². The van der Waals surface area contributed by atoms with Crippen molar-refractivity contribution in [1.82, 2.24) is 0 Å². The third kappa shape index (κ3) is 72.1. The van der Waals surface area contributed by atoms with Gasteiger partial charge in [0.05, 0.1) is 6.16 Å². The first-order valence-corrected chi connectivity index (χ1v) is 4.07. The topological polar surface area (TPSA) is 0 Å². The highest BCUT2D eigenvalue weighted by Crippen LogP contribution is 2.06. The van der Waals surface area contributed by atoms with Crippen LogP contribution in [0.25, 0.3) is 0 Å².